The highest BCUT2D eigenvalue weighted by Crippen LogP contribution is 2.33. The van der Waals surface area contributed by atoms with Crippen LogP contribution in [0, 0.1) is 0 Å². The molecule has 0 unspecified atom stereocenters. The summed E-state index contributed by atoms with van der Waals surface area (Å²) >= 11 is 12.7. The van der Waals surface area contributed by atoms with Gasteiger partial charge in [0, 0.05) is 24.5 Å². The van der Waals surface area contributed by atoms with E-state index in [0.717, 1.165) is 5.56 Å². The number of halogens is 2. The first-order valence-electron chi connectivity index (χ1n) is 8.18. The zero-order chi connectivity index (χ0) is 19.1. The number of carbonyl (C=O) groups excluding carboxylic acids is 2. The van der Waals surface area contributed by atoms with Crippen LogP contribution in [0.15, 0.2) is 29.2 Å². The van der Waals surface area contributed by atoms with E-state index in [1.807, 2.05) is 37.2 Å². The van der Waals surface area contributed by atoms with Crippen LogP contribution in [-0.4, -0.2) is 59.8 Å². The minimum Gasteiger partial charge on any atom is -0.464 e. The number of carbonyl (C=O) groups is 2. The second-order valence-corrected chi connectivity index (χ2v) is 8.07. The molecule has 1 saturated heterocycles. The quantitative estimate of drug-likeness (QED) is 0.342. The number of benzene rings is 1. The molecule has 1 aliphatic rings. The van der Waals surface area contributed by atoms with Crippen molar-refractivity contribution in [2.45, 2.75) is 12.8 Å². The first kappa shape index (κ1) is 23.9. The molecule has 0 radical (unpaired) electrons. The Bertz CT molecular complexity index is 726. The van der Waals surface area contributed by atoms with Crippen LogP contribution in [0.1, 0.15) is 18.4 Å². The summed E-state index contributed by atoms with van der Waals surface area (Å²) in [6.07, 6.45) is 2.51. The molecular weight excluding hydrogens is 427 g/mol. The van der Waals surface area contributed by atoms with E-state index < -0.39 is 0 Å². The van der Waals surface area contributed by atoms with E-state index in [4.69, 9.17) is 28.6 Å². The zero-order valence-corrected chi connectivity index (χ0v) is 18.3. The molecule has 148 valence electrons. The molecule has 27 heavy (non-hydrogen) atoms. The van der Waals surface area contributed by atoms with Gasteiger partial charge in [-0.1, -0.05) is 53.8 Å². The van der Waals surface area contributed by atoms with Crippen LogP contribution in [0.5, 0.6) is 0 Å². The summed E-state index contributed by atoms with van der Waals surface area (Å²) in [6.45, 7) is 1.45. The van der Waals surface area contributed by atoms with Crippen LogP contribution in [0.2, 0.25) is 5.02 Å². The van der Waals surface area contributed by atoms with Crippen molar-refractivity contribution in [1.82, 2.24) is 9.80 Å². The molecule has 0 N–H and O–H groups in total. The Morgan fingerprint density at radius 2 is 2.07 bits per heavy atom. The van der Waals surface area contributed by atoms with E-state index in [2.05, 4.69) is 0 Å². The van der Waals surface area contributed by atoms with Gasteiger partial charge in [-0.15, -0.1) is 12.4 Å². The van der Waals surface area contributed by atoms with Crippen LogP contribution in [-0.2, 0) is 14.3 Å². The number of thiocarbonyl (C=S) groups is 1. The lowest BCUT2D eigenvalue weighted by molar-refractivity contribution is -0.144. The largest absolute Gasteiger partial charge is 0.464 e. The number of likely N-dealkylation sites (N-methyl/N-ethyl adjacent to an activating group) is 1. The summed E-state index contributed by atoms with van der Waals surface area (Å²) in [7, 11) is 3.83. The van der Waals surface area contributed by atoms with Crippen molar-refractivity contribution in [1.29, 1.82) is 0 Å². The maximum atomic E-state index is 12.5. The van der Waals surface area contributed by atoms with Crippen LogP contribution >= 0.6 is 48.0 Å². The monoisotopic (exact) mass is 448 g/mol. The number of amides is 1. The lowest BCUT2D eigenvalue weighted by atomic mass is 10.2. The number of thioether (sulfide) groups is 1. The fraction of sp³-hybridized carbons (Fsp3) is 0.389. The van der Waals surface area contributed by atoms with E-state index in [0.29, 0.717) is 40.4 Å². The Balaban J connectivity index is 0.00000364. The first-order valence-corrected chi connectivity index (χ1v) is 9.79. The number of rotatable bonds is 8. The summed E-state index contributed by atoms with van der Waals surface area (Å²) in [5.41, 5.74) is 0.777. The molecule has 0 bridgehead atoms. The van der Waals surface area contributed by atoms with Crippen molar-refractivity contribution in [3.8, 4) is 0 Å². The van der Waals surface area contributed by atoms with Gasteiger partial charge in [0.15, 0.2) is 0 Å². The zero-order valence-electron chi connectivity index (χ0n) is 15.1. The summed E-state index contributed by atoms with van der Waals surface area (Å²) in [5, 5.41) is 0.582. The smallest absolute Gasteiger partial charge is 0.305 e. The SMILES string of the molecule is CN(C)CCOC(=O)CCCN1C(=O)C(=Cc2ccccc2Cl)SC1=S.Cl. The van der Waals surface area contributed by atoms with Crippen LogP contribution in [0.25, 0.3) is 6.08 Å². The minimum atomic E-state index is -0.260. The number of hydrogen-bond acceptors (Lipinski definition) is 6. The summed E-state index contributed by atoms with van der Waals surface area (Å²) in [6, 6.07) is 7.32. The van der Waals surface area contributed by atoms with Crippen LogP contribution < -0.4 is 0 Å². The molecule has 1 aromatic rings. The second kappa shape index (κ2) is 11.7. The Morgan fingerprint density at radius 3 is 2.74 bits per heavy atom. The molecule has 0 aliphatic carbocycles. The highest BCUT2D eigenvalue weighted by atomic mass is 35.5. The van der Waals surface area contributed by atoms with Gasteiger partial charge in [0.1, 0.15) is 10.9 Å². The fourth-order valence-corrected chi connectivity index (χ4v) is 3.71. The van der Waals surface area contributed by atoms with Gasteiger partial charge in [0.25, 0.3) is 5.91 Å². The van der Waals surface area contributed by atoms with E-state index in [9.17, 15) is 9.59 Å². The van der Waals surface area contributed by atoms with Crippen molar-refractivity contribution in [3.63, 3.8) is 0 Å². The Kier molecular flexibility index (Phi) is 10.3. The van der Waals surface area contributed by atoms with E-state index in [-0.39, 0.29) is 30.7 Å². The van der Waals surface area contributed by atoms with Crippen molar-refractivity contribution >= 4 is 70.3 Å². The predicted octanol–water partition coefficient (Wildman–Crippen LogP) is 3.85. The predicted molar refractivity (Wildman–Crippen MR) is 117 cm³/mol. The van der Waals surface area contributed by atoms with E-state index >= 15 is 0 Å². The number of nitrogens with zero attached hydrogens (tertiary/aromatic N) is 2. The molecule has 0 saturated carbocycles. The van der Waals surface area contributed by atoms with Gasteiger partial charge in [-0.3, -0.25) is 14.5 Å². The third-order valence-corrected chi connectivity index (χ3v) is 5.35. The number of esters is 1. The molecule has 1 amide bonds. The third-order valence-electron chi connectivity index (χ3n) is 3.63. The lowest BCUT2D eigenvalue weighted by Gasteiger charge is -2.14. The molecule has 1 aromatic carbocycles. The Labute approximate surface area is 180 Å². The highest BCUT2D eigenvalue weighted by molar-refractivity contribution is 8.26. The minimum absolute atomic E-state index is 0. The molecule has 5 nitrogen and oxygen atoms in total. The van der Waals surface area contributed by atoms with Crippen LogP contribution in [0.3, 0.4) is 0 Å². The van der Waals surface area contributed by atoms with Gasteiger partial charge in [-0.2, -0.15) is 0 Å². The van der Waals surface area contributed by atoms with Crippen molar-refractivity contribution < 1.29 is 14.3 Å². The average Bonchev–Trinajstić information content (AvgIpc) is 2.84. The molecule has 0 spiro atoms. The topological polar surface area (TPSA) is 49.9 Å². The van der Waals surface area contributed by atoms with E-state index in [1.54, 1.807) is 12.1 Å². The molecule has 0 atom stereocenters. The second-order valence-electron chi connectivity index (χ2n) is 5.98. The van der Waals surface area contributed by atoms with Gasteiger partial charge in [0.05, 0.1) is 4.91 Å². The molecule has 0 aromatic heterocycles. The van der Waals surface area contributed by atoms with E-state index in [1.165, 1.54) is 16.7 Å². The van der Waals surface area contributed by atoms with Gasteiger partial charge in [-0.25, -0.2) is 0 Å². The number of hydrogen-bond donors (Lipinski definition) is 0. The third kappa shape index (κ3) is 7.43. The molecule has 9 heteroatoms. The van der Waals surface area contributed by atoms with Gasteiger partial charge in [0.2, 0.25) is 0 Å². The van der Waals surface area contributed by atoms with Crippen molar-refractivity contribution in [2.75, 3.05) is 33.8 Å². The molecule has 1 fully saturated rings. The van der Waals surface area contributed by atoms with Crippen LogP contribution in [0.4, 0.5) is 0 Å². The molecule has 2 rings (SSSR count). The standard InChI is InChI=1S/C18H21ClN2O3S2.ClH/c1-20(2)10-11-24-16(22)8-5-9-21-17(23)15(26-18(21)25)12-13-6-3-4-7-14(13)19;/h3-4,6-7,12H,5,8-11H2,1-2H3;1H. The van der Waals surface area contributed by atoms with Crippen molar-refractivity contribution in [2.24, 2.45) is 0 Å². The molecule has 1 aliphatic heterocycles. The Morgan fingerprint density at radius 1 is 1.37 bits per heavy atom. The maximum Gasteiger partial charge on any atom is 0.305 e. The Hall–Kier alpha value is -1.12. The normalized spacial score (nSPS) is 15.4. The average molecular weight is 449 g/mol. The van der Waals surface area contributed by atoms with Gasteiger partial charge in [-0.05, 0) is 38.2 Å². The summed E-state index contributed by atoms with van der Waals surface area (Å²) < 4.78 is 5.63. The lowest BCUT2D eigenvalue weighted by Crippen LogP contribution is -2.29. The van der Waals surface area contributed by atoms with Gasteiger partial charge >= 0.3 is 5.97 Å². The first-order chi connectivity index (χ1) is 12.4. The summed E-state index contributed by atoms with van der Waals surface area (Å²) in [5.74, 6) is -0.412. The van der Waals surface area contributed by atoms with Crippen molar-refractivity contribution in [3.05, 3.63) is 39.8 Å². The molecule has 1 heterocycles. The molecular formula is C18H22Cl2N2O3S2. The number of ether oxygens (including phenoxy) is 1. The summed E-state index contributed by atoms with van der Waals surface area (Å²) in [4.78, 5) is 28.2. The fourth-order valence-electron chi connectivity index (χ4n) is 2.22. The maximum absolute atomic E-state index is 12.5. The highest BCUT2D eigenvalue weighted by Gasteiger charge is 2.31. The van der Waals surface area contributed by atoms with Gasteiger partial charge < -0.3 is 9.64 Å².